The van der Waals surface area contributed by atoms with Gasteiger partial charge in [0.2, 0.25) is 5.91 Å². The first kappa shape index (κ1) is 17.4. The summed E-state index contributed by atoms with van der Waals surface area (Å²) in [6, 6.07) is 14.9. The van der Waals surface area contributed by atoms with Crippen molar-refractivity contribution in [3.8, 4) is 0 Å². The van der Waals surface area contributed by atoms with E-state index in [-0.39, 0.29) is 17.1 Å². The summed E-state index contributed by atoms with van der Waals surface area (Å²) >= 11 is 0. The van der Waals surface area contributed by atoms with Crippen LogP contribution in [0.3, 0.4) is 0 Å². The monoisotopic (exact) mass is 350 g/mol. The van der Waals surface area contributed by atoms with Gasteiger partial charge in [-0.2, -0.15) is 0 Å². The van der Waals surface area contributed by atoms with Crippen LogP contribution in [0.25, 0.3) is 11.0 Å². The molecule has 3 aromatic rings. The smallest absolute Gasteiger partial charge is 0.291 e. The summed E-state index contributed by atoms with van der Waals surface area (Å²) in [5.74, 6) is -0.565. The third-order valence-corrected chi connectivity index (χ3v) is 3.92. The maximum Gasteiger partial charge on any atom is 0.291 e. The average Bonchev–Trinajstić information content (AvgIpc) is 2.63. The zero-order chi connectivity index (χ0) is 18.7. The Bertz CT molecular complexity index is 1020. The second-order valence-electron chi connectivity index (χ2n) is 6.09. The average molecular weight is 350 g/mol. The summed E-state index contributed by atoms with van der Waals surface area (Å²) < 4.78 is 5.52. The lowest BCUT2D eigenvalue weighted by Crippen LogP contribution is -2.23. The van der Waals surface area contributed by atoms with Crippen LogP contribution in [-0.4, -0.2) is 30.8 Å². The van der Waals surface area contributed by atoms with Gasteiger partial charge in [0, 0.05) is 25.8 Å². The van der Waals surface area contributed by atoms with Crippen molar-refractivity contribution in [3.63, 3.8) is 0 Å². The summed E-state index contributed by atoms with van der Waals surface area (Å²) in [4.78, 5) is 37.7. The lowest BCUT2D eigenvalue weighted by Gasteiger charge is -2.10. The Labute approximate surface area is 150 Å². The van der Waals surface area contributed by atoms with Crippen LogP contribution in [0.1, 0.15) is 16.1 Å². The van der Waals surface area contributed by atoms with E-state index in [2.05, 4.69) is 5.32 Å². The molecule has 2 aromatic carbocycles. The van der Waals surface area contributed by atoms with E-state index < -0.39 is 5.91 Å². The van der Waals surface area contributed by atoms with E-state index in [1.165, 1.54) is 11.0 Å². The first-order valence-corrected chi connectivity index (χ1v) is 8.07. The molecule has 6 nitrogen and oxygen atoms in total. The molecule has 0 radical (unpaired) electrons. The third-order valence-electron chi connectivity index (χ3n) is 3.92. The first-order valence-electron chi connectivity index (χ1n) is 8.07. The lowest BCUT2D eigenvalue weighted by molar-refractivity contribution is -0.127. The fraction of sp³-hybridized carbons (Fsp3) is 0.150. The maximum absolute atomic E-state index is 12.4. The van der Waals surface area contributed by atoms with Gasteiger partial charge in [-0.1, -0.05) is 24.3 Å². The molecule has 0 spiro atoms. The maximum atomic E-state index is 12.4. The van der Waals surface area contributed by atoms with Crippen molar-refractivity contribution in [1.82, 2.24) is 4.90 Å². The number of fused-ring (bicyclic) bond motifs is 1. The molecule has 0 saturated carbocycles. The predicted octanol–water partition coefficient (Wildman–Crippen LogP) is 2.68. The number of likely N-dealkylation sites (N-methyl/N-ethyl adjacent to an activating group) is 1. The number of anilines is 1. The van der Waals surface area contributed by atoms with Gasteiger partial charge >= 0.3 is 0 Å². The van der Waals surface area contributed by atoms with Gasteiger partial charge in [0.25, 0.3) is 5.91 Å². The number of benzene rings is 2. The number of carbonyl (C=O) groups is 2. The molecule has 0 atom stereocenters. The highest BCUT2D eigenvalue weighted by Gasteiger charge is 2.13. The van der Waals surface area contributed by atoms with Gasteiger partial charge in [0.15, 0.2) is 11.2 Å². The van der Waals surface area contributed by atoms with E-state index in [0.717, 1.165) is 5.56 Å². The van der Waals surface area contributed by atoms with Crippen molar-refractivity contribution in [2.24, 2.45) is 0 Å². The molecule has 0 unspecified atom stereocenters. The van der Waals surface area contributed by atoms with E-state index in [0.29, 0.717) is 23.1 Å². The normalized spacial score (nSPS) is 10.5. The lowest BCUT2D eigenvalue weighted by atomic mass is 10.1. The van der Waals surface area contributed by atoms with Crippen molar-refractivity contribution in [1.29, 1.82) is 0 Å². The number of amides is 2. The van der Waals surface area contributed by atoms with Gasteiger partial charge < -0.3 is 14.6 Å². The molecule has 1 aromatic heterocycles. The van der Waals surface area contributed by atoms with Crippen LogP contribution in [0.5, 0.6) is 0 Å². The van der Waals surface area contributed by atoms with E-state index >= 15 is 0 Å². The molecule has 0 bridgehead atoms. The van der Waals surface area contributed by atoms with Gasteiger partial charge in [-0.05, 0) is 29.8 Å². The second kappa shape index (κ2) is 7.23. The highest BCUT2D eigenvalue weighted by molar-refractivity contribution is 6.03. The van der Waals surface area contributed by atoms with E-state index in [1.807, 2.05) is 0 Å². The van der Waals surface area contributed by atoms with Gasteiger partial charge in [-0.3, -0.25) is 14.4 Å². The Hall–Kier alpha value is -3.41. The van der Waals surface area contributed by atoms with Gasteiger partial charge in [-0.25, -0.2) is 0 Å². The summed E-state index contributed by atoms with van der Waals surface area (Å²) in [5.41, 5.74) is 1.49. The molecule has 3 rings (SSSR count). The van der Waals surface area contributed by atoms with Gasteiger partial charge in [-0.15, -0.1) is 0 Å². The molecule has 1 heterocycles. The Balaban J connectivity index is 1.76. The highest BCUT2D eigenvalue weighted by Crippen LogP contribution is 2.15. The topological polar surface area (TPSA) is 79.6 Å². The number of nitrogens with one attached hydrogen (secondary N) is 1. The largest absolute Gasteiger partial charge is 0.451 e. The van der Waals surface area contributed by atoms with Crippen LogP contribution in [0.2, 0.25) is 0 Å². The van der Waals surface area contributed by atoms with Crippen LogP contribution in [0, 0.1) is 0 Å². The molecule has 0 aliphatic rings. The van der Waals surface area contributed by atoms with Gasteiger partial charge in [0.05, 0.1) is 11.8 Å². The third kappa shape index (κ3) is 3.80. The zero-order valence-electron chi connectivity index (χ0n) is 14.5. The molecule has 6 heteroatoms. The van der Waals surface area contributed by atoms with Crippen molar-refractivity contribution in [3.05, 3.63) is 76.1 Å². The molecule has 132 valence electrons. The number of hydrogen-bond donors (Lipinski definition) is 1. The Kier molecular flexibility index (Phi) is 4.84. The van der Waals surface area contributed by atoms with Crippen LogP contribution in [-0.2, 0) is 11.2 Å². The fourth-order valence-corrected chi connectivity index (χ4v) is 2.45. The zero-order valence-corrected chi connectivity index (χ0v) is 14.5. The van der Waals surface area contributed by atoms with Crippen LogP contribution < -0.4 is 10.7 Å². The van der Waals surface area contributed by atoms with E-state index in [4.69, 9.17) is 4.42 Å². The molecule has 0 aliphatic heterocycles. The summed E-state index contributed by atoms with van der Waals surface area (Å²) in [7, 11) is 3.41. The van der Waals surface area contributed by atoms with E-state index in [1.54, 1.807) is 62.6 Å². The minimum Gasteiger partial charge on any atom is -0.451 e. The highest BCUT2D eigenvalue weighted by atomic mass is 16.3. The van der Waals surface area contributed by atoms with Crippen molar-refractivity contribution in [2.45, 2.75) is 6.42 Å². The molecule has 0 aliphatic carbocycles. The second-order valence-corrected chi connectivity index (χ2v) is 6.09. The molecule has 0 fully saturated rings. The van der Waals surface area contributed by atoms with Crippen LogP contribution in [0.15, 0.2) is 63.8 Å². The summed E-state index contributed by atoms with van der Waals surface area (Å²) in [6.45, 7) is 0. The Morgan fingerprint density at radius 1 is 1.04 bits per heavy atom. The van der Waals surface area contributed by atoms with Crippen LogP contribution in [0.4, 0.5) is 5.69 Å². The predicted molar refractivity (Wildman–Crippen MR) is 99.3 cm³/mol. The molecular weight excluding hydrogens is 332 g/mol. The molecule has 2 amide bonds. The van der Waals surface area contributed by atoms with Crippen molar-refractivity contribution in [2.75, 3.05) is 19.4 Å². The fourth-order valence-electron chi connectivity index (χ4n) is 2.45. The first-order chi connectivity index (χ1) is 12.4. The number of para-hydroxylation sites is 1. The van der Waals surface area contributed by atoms with Gasteiger partial charge in [0.1, 0.15) is 5.58 Å². The summed E-state index contributed by atoms with van der Waals surface area (Å²) in [6.07, 6.45) is 0.292. The Morgan fingerprint density at radius 3 is 2.42 bits per heavy atom. The van der Waals surface area contributed by atoms with Crippen LogP contribution >= 0.6 is 0 Å². The van der Waals surface area contributed by atoms with Crippen molar-refractivity contribution < 1.29 is 14.0 Å². The number of hydrogen-bond acceptors (Lipinski definition) is 4. The minimum absolute atomic E-state index is 0.000255. The molecular formula is C20H18N2O4. The standard InChI is InChI=1S/C20H18N2O4/c1-22(2)19(24)11-13-7-9-14(10-8-13)21-20(25)18-12-16(23)15-5-3-4-6-17(15)26-18/h3-10,12H,11H2,1-2H3,(H,21,25). The summed E-state index contributed by atoms with van der Waals surface area (Å²) in [5, 5.41) is 3.12. The SMILES string of the molecule is CN(C)C(=O)Cc1ccc(NC(=O)c2cc(=O)c3ccccc3o2)cc1. The van der Waals surface area contributed by atoms with Crippen molar-refractivity contribution >= 4 is 28.5 Å². The number of carbonyl (C=O) groups excluding carboxylic acids is 2. The minimum atomic E-state index is -0.509. The van der Waals surface area contributed by atoms with E-state index in [9.17, 15) is 14.4 Å². The Morgan fingerprint density at radius 2 is 1.73 bits per heavy atom. The molecule has 26 heavy (non-hydrogen) atoms. The quantitative estimate of drug-likeness (QED) is 0.784. The molecule has 1 N–H and O–H groups in total. The number of nitrogens with zero attached hydrogens (tertiary/aromatic N) is 1. The number of rotatable bonds is 4. The molecule has 0 saturated heterocycles.